The third kappa shape index (κ3) is 5.52. The van der Waals surface area contributed by atoms with Crippen LogP contribution in [0.15, 0.2) is 40.9 Å². The number of thioether (sulfide) groups is 1. The molecule has 184 valence electrons. The fourth-order valence-electron chi connectivity index (χ4n) is 4.97. The Morgan fingerprint density at radius 2 is 2.09 bits per heavy atom. The van der Waals surface area contributed by atoms with Crippen molar-refractivity contribution in [2.45, 2.75) is 69.5 Å². The van der Waals surface area contributed by atoms with Crippen LogP contribution in [-0.4, -0.2) is 52.8 Å². The summed E-state index contributed by atoms with van der Waals surface area (Å²) in [4.78, 5) is 28.9. The summed E-state index contributed by atoms with van der Waals surface area (Å²) in [6, 6.07) is 7.56. The third-order valence-electron chi connectivity index (χ3n) is 6.71. The Balaban J connectivity index is 1.63. The van der Waals surface area contributed by atoms with Crippen LogP contribution in [0.5, 0.6) is 0 Å². The van der Waals surface area contributed by atoms with Gasteiger partial charge in [-0.3, -0.25) is 9.59 Å². The van der Waals surface area contributed by atoms with Gasteiger partial charge in [-0.05, 0) is 58.4 Å². The average molecular weight is 484 g/mol. The zero-order chi connectivity index (χ0) is 24.1. The molecule has 1 aromatic carbocycles. The number of nitrogens with zero attached hydrogens (tertiary/aromatic N) is 2. The maximum atomic E-state index is 13.7. The summed E-state index contributed by atoms with van der Waals surface area (Å²) < 4.78 is 7.75. The molecule has 4 rings (SSSR count). The molecule has 1 aromatic heterocycles. The Hall–Kier alpha value is -2.25. The molecule has 1 aliphatic heterocycles. The lowest BCUT2D eigenvalue weighted by atomic mass is 9.96. The number of allylic oxidation sites excluding steroid dienone is 1. The zero-order valence-electron chi connectivity index (χ0n) is 20.6. The molecule has 0 saturated heterocycles. The van der Waals surface area contributed by atoms with Gasteiger partial charge in [-0.25, -0.2) is 0 Å². The molecule has 0 spiro atoms. The van der Waals surface area contributed by atoms with Gasteiger partial charge in [0.1, 0.15) is 6.04 Å². The molecule has 7 heteroatoms. The third-order valence-corrected chi connectivity index (χ3v) is 7.87. The van der Waals surface area contributed by atoms with Crippen molar-refractivity contribution >= 4 is 34.5 Å². The molecule has 0 bridgehead atoms. The Morgan fingerprint density at radius 1 is 1.26 bits per heavy atom. The molecule has 1 N–H and O–H groups in total. The van der Waals surface area contributed by atoms with Crippen molar-refractivity contribution < 1.29 is 14.3 Å². The number of aryl methyl sites for hydroxylation is 1. The van der Waals surface area contributed by atoms with Crippen molar-refractivity contribution in [2.24, 2.45) is 7.05 Å². The standard InChI is InChI=1S/C27H37N3O3S/c1-19(2)33-17-9-15-28-26(32)25-24-21-12-7-8-13-22(21)29(3)27(24)34-18-23(31)30(25)16-14-20-10-5-4-6-11-20/h7-8,10,12-13,19,25H,4-6,9,11,14-18H2,1-3H3,(H,28,32)/t25-/m0/s1. The minimum atomic E-state index is -0.626. The molecule has 0 fully saturated rings. The van der Waals surface area contributed by atoms with Gasteiger partial charge in [0, 0.05) is 43.2 Å². The number of hydrogen-bond donors (Lipinski definition) is 1. The van der Waals surface area contributed by atoms with Gasteiger partial charge in [0.2, 0.25) is 11.8 Å². The van der Waals surface area contributed by atoms with Crippen molar-refractivity contribution in [2.75, 3.05) is 25.4 Å². The summed E-state index contributed by atoms with van der Waals surface area (Å²) in [5, 5.41) is 5.17. The molecule has 0 saturated carbocycles. The number of carbonyl (C=O) groups excluding carboxylic acids is 2. The van der Waals surface area contributed by atoms with Crippen molar-refractivity contribution in [3.8, 4) is 0 Å². The first-order valence-corrected chi connectivity index (χ1v) is 13.5. The molecule has 2 aromatic rings. The summed E-state index contributed by atoms with van der Waals surface area (Å²) in [5.74, 6) is 0.281. The average Bonchev–Trinajstić information content (AvgIpc) is 3.01. The number of fused-ring (bicyclic) bond motifs is 3. The first kappa shape index (κ1) is 24.9. The number of carbonyl (C=O) groups is 2. The lowest BCUT2D eigenvalue weighted by Gasteiger charge is -2.30. The van der Waals surface area contributed by atoms with Crippen LogP contribution in [-0.2, 0) is 21.4 Å². The van der Waals surface area contributed by atoms with Gasteiger partial charge < -0.3 is 19.5 Å². The minimum absolute atomic E-state index is 0.0324. The SMILES string of the molecule is CC(C)OCCCNC(=O)[C@@H]1c2c(n(C)c3ccccc23)SCC(=O)N1CCC1=CCCCC1. The lowest BCUT2D eigenvalue weighted by Crippen LogP contribution is -2.44. The normalized spacial score (nSPS) is 18.7. The summed E-state index contributed by atoms with van der Waals surface area (Å²) in [5.41, 5.74) is 3.47. The number of amides is 2. The van der Waals surface area contributed by atoms with E-state index in [1.54, 1.807) is 11.8 Å². The molecule has 2 amide bonds. The second kappa shape index (κ2) is 11.5. The Kier molecular flexibility index (Phi) is 8.37. The first-order chi connectivity index (χ1) is 16.5. The van der Waals surface area contributed by atoms with E-state index in [1.807, 2.05) is 37.9 Å². The maximum absolute atomic E-state index is 13.7. The van der Waals surface area contributed by atoms with Crippen molar-refractivity contribution in [1.82, 2.24) is 14.8 Å². The van der Waals surface area contributed by atoms with Gasteiger partial charge in [0.15, 0.2) is 0 Å². The van der Waals surface area contributed by atoms with Gasteiger partial charge in [0.05, 0.1) is 16.9 Å². The summed E-state index contributed by atoms with van der Waals surface area (Å²) in [6.07, 6.45) is 8.76. The van der Waals surface area contributed by atoms with E-state index in [0.29, 0.717) is 25.4 Å². The van der Waals surface area contributed by atoms with Gasteiger partial charge in [0.25, 0.3) is 0 Å². The van der Waals surface area contributed by atoms with Crippen LogP contribution in [0.3, 0.4) is 0 Å². The first-order valence-electron chi connectivity index (χ1n) is 12.5. The second-order valence-electron chi connectivity index (χ2n) is 9.50. The molecule has 1 atom stereocenters. The Bertz CT molecular complexity index is 1060. The highest BCUT2D eigenvalue weighted by Crippen LogP contribution is 2.42. The lowest BCUT2D eigenvalue weighted by molar-refractivity contribution is -0.138. The highest BCUT2D eigenvalue weighted by atomic mass is 32.2. The summed E-state index contributed by atoms with van der Waals surface area (Å²) in [6.45, 7) is 5.73. The van der Waals surface area contributed by atoms with E-state index in [0.717, 1.165) is 47.2 Å². The number of para-hydroxylation sites is 1. The molecule has 2 aliphatic rings. The number of nitrogens with one attached hydrogen (secondary N) is 1. The molecular weight excluding hydrogens is 446 g/mol. The van der Waals surface area contributed by atoms with Crippen LogP contribution in [0, 0.1) is 0 Å². The molecular formula is C27H37N3O3S. The molecule has 2 heterocycles. The predicted octanol–water partition coefficient (Wildman–Crippen LogP) is 4.98. The van der Waals surface area contributed by atoms with Crippen molar-refractivity contribution in [3.05, 3.63) is 41.5 Å². The quantitative estimate of drug-likeness (QED) is 0.404. The maximum Gasteiger partial charge on any atom is 0.247 e. The number of rotatable bonds is 9. The van der Waals surface area contributed by atoms with E-state index in [4.69, 9.17) is 4.74 Å². The number of ether oxygens (including phenoxy) is 1. The Labute approximate surface area is 207 Å². The Morgan fingerprint density at radius 3 is 2.85 bits per heavy atom. The smallest absolute Gasteiger partial charge is 0.247 e. The topological polar surface area (TPSA) is 63.6 Å². The molecule has 0 unspecified atom stereocenters. The van der Waals surface area contributed by atoms with E-state index in [-0.39, 0.29) is 17.9 Å². The highest BCUT2D eigenvalue weighted by molar-refractivity contribution is 8.00. The van der Waals surface area contributed by atoms with E-state index >= 15 is 0 Å². The molecule has 6 nitrogen and oxygen atoms in total. The monoisotopic (exact) mass is 483 g/mol. The minimum Gasteiger partial charge on any atom is -0.379 e. The van der Waals surface area contributed by atoms with E-state index in [1.165, 1.54) is 18.4 Å². The van der Waals surface area contributed by atoms with Crippen molar-refractivity contribution in [1.29, 1.82) is 0 Å². The largest absolute Gasteiger partial charge is 0.379 e. The van der Waals surface area contributed by atoms with Crippen LogP contribution < -0.4 is 5.32 Å². The molecule has 0 radical (unpaired) electrons. The van der Waals surface area contributed by atoms with Crippen LogP contribution in [0.4, 0.5) is 0 Å². The zero-order valence-corrected chi connectivity index (χ0v) is 21.5. The molecule has 1 aliphatic carbocycles. The van der Waals surface area contributed by atoms with Crippen LogP contribution >= 0.6 is 11.8 Å². The number of aromatic nitrogens is 1. The van der Waals surface area contributed by atoms with Crippen LogP contribution in [0.25, 0.3) is 10.9 Å². The van der Waals surface area contributed by atoms with E-state index in [9.17, 15) is 9.59 Å². The second-order valence-corrected chi connectivity index (χ2v) is 10.5. The van der Waals surface area contributed by atoms with Crippen molar-refractivity contribution in [3.63, 3.8) is 0 Å². The van der Waals surface area contributed by atoms with E-state index in [2.05, 4.69) is 28.1 Å². The van der Waals surface area contributed by atoms with Gasteiger partial charge in [-0.2, -0.15) is 0 Å². The van der Waals surface area contributed by atoms with Gasteiger partial charge >= 0.3 is 0 Å². The highest BCUT2D eigenvalue weighted by Gasteiger charge is 2.38. The fourth-order valence-corrected chi connectivity index (χ4v) is 6.07. The van der Waals surface area contributed by atoms with Gasteiger partial charge in [-0.1, -0.05) is 41.6 Å². The van der Waals surface area contributed by atoms with E-state index < -0.39 is 6.04 Å². The summed E-state index contributed by atoms with van der Waals surface area (Å²) in [7, 11) is 2.03. The van der Waals surface area contributed by atoms with Gasteiger partial charge in [-0.15, -0.1) is 0 Å². The summed E-state index contributed by atoms with van der Waals surface area (Å²) >= 11 is 1.55. The van der Waals surface area contributed by atoms with Crippen LogP contribution in [0.1, 0.15) is 64.0 Å². The molecule has 34 heavy (non-hydrogen) atoms. The number of hydrogen-bond acceptors (Lipinski definition) is 4. The van der Waals surface area contributed by atoms with Crippen LogP contribution in [0.2, 0.25) is 0 Å². The predicted molar refractivity (Wildman–Crippen MR) is 138 cm³/mol. The fraction of sp³-hybridized carbons (Fsp3) is 0.556. The number of benzene rings is 1.